The van der Waals surface area contributed by atoms with E-state index in [9.17, 15) is 9.18 Å². The predicted octanol–water partition coefficient (Wildman–Crippen LogP) is 2.05. The molecule has 17 heavy (non-hydrogen) atoms. The number of aryl methyl sites for hydroxylation is 2. The van der Waals surface area contributed by atoms with Crippen molar-refractivity contribution in [3.8, 4) is 0 Å². The number of rotatable bonds is 5. The number of nitrogens with one attached hydrogen (secondary N) is 1. The van der Waals surface area contributed by atoms with Crippen molar-refractivity contribution in [2.45, 2.75) is 26.2 Å². The average molecular weight is 238 g/mol. The maximum Gasteiger partial charge on any atom is 0.234 e. The Morgan fingerprint density at radius 3 is 2.71 bits per heavy atom. The molecule has 1 N–H and O–H groups in total. The van der Waals surface area contributed by atoms with E-state index in [1.165, 1.54) is 6.07 Å². The highest BCUT2D eigenvalue weighted by Crippen LogP contribution is 2.11. The second-order valence-electron chi connectivity index (χ2n) is 4.37. The van der Waals surface area contributed by atoms with Crippen LogP contribution in [0.2, 0.25) is 0 Å². The summed E-state index contributed by atoms with van der Waals surface area (Å²) in [5, 5.41) is 1.63. The molecular weight excluding hydrogens is 219 g/mol. The normalized spacial score (nSPS) is 10.6. The number of halogens is 1. The van der Waals surface area contributed by atoms with Crippen LogP contribution >= 0.6 is 0 Å². The molecule has 0 fully saturated rings. The molecule has 1 aromatic rings. The Balaban J connectivity index is 2.36. The summed E-state index contributed by atoms with van der Waals surface area (Å²) >= 11 is 0. The van der Waals surface area contributed by atoms with Crippen LogP contribution in [0.25, 0.3) is 0 Å². The van der Waals surface area contributed by atoms with Crippen LogP contribution in [0.15, 0.2) is 18.2 Å². The topological polar surface area (TPSA) is 32.3 Å². The summed E-state index contributed by atoms with van der Waals surface area (Å²) in [6.45, 7) is 1.75. The molecule has 0 saturated carbocycles. The highest BCUT2D eigenvalue weighted by atomic mass is 19.1. The van der Waals surface area contributed by atoms with Crippen LogP contribution < -0.4 is 5.43 Å². The Kier molecular flexibility index (Phi) is 5.10. The molecule has 0 aliphatic heterocycles. The van der Waals surface area contributed by atoms with Crippen LogP contribution in [0.1, 0.15) is 24.0 Å². The molecule has 0 aliphatic rings. The first-order valence-corrected chi connectivity index (χ1v) is 5.71. The summed E-state index contributed by atoms with van der Waals surface area (Å²) < 4.78 is 13.0. The maximum absolute atomic E-state index is 13.0. The van der Waals surface area contributed by atoms with Gasteiger partial charge in [0.2, 0.25) is 5.91 Å². The van der Waals surface area contributed by atoms with Crippen LogP contribution in [0.4, 0.5) is 4.39 Å². The number of nitrogens with zero attached hydrogens (tertiary/aromatic N) is 1. The Bertz CT molecular complexity index is 391. The Hall–Kier alpha value is -1.42. The number of carbonyl (C=O) groups is 1. The molecule has 3 nitrogen and oxygen atoms in total. The van der Waals surface area contributed by atoms with Gasteiger partial charge in [0, 0.05) is 20.5 Å². The third-order valence-corrected chi connectivity index (χ3v) is 2.44. The average Bonchev–Trinajstić information content (AvgIpc) is 2.22. The van der Waals surface area contributed by atoms with Gasteiger partial charge in [-0.05, 0) is 37.0 Å². The minimum atomic E-state index is -0.181. The third-order valence-electron chi connectivity index (χ3n) is 2.44. The van der Waals surface area contributed by atoms with E-state index in [4.69, 9.17) is 0 Å². The lowest BCUT2D eigenvalue weighted by molar-refractivity contribution is -0.124. The summed E-state index contributed by atoms with van der Waals surface area (Å²) in [6, 6.07) is 5.08. The van der Waals surface area contributed by atoms with Crippen LogP contribution in [0.3, 0.4) is 0 Å². The van der Waals surface area contributed by atoms with Crippen LogP contribution in [-0.4, -0.2) is 25.0 Å². The van der Waals surface area contributed by atoms with Crippen molar-refractivity contribution in [1.29, 1.82) is 0 Å². The van der Waals surface area contributed by atoms with Gasteiger partial charge in [-0.2, -0.15) is 0 Å². The molecule has 0 atom stereocenters. The summed E-state index contributed by atoms with van der Waals surface area (Å²) in [4.78, 5) is 11.4. The molecule has 0 aromatic heterocycles. The molecular formula is C13H19FN2O. The summed E-state index contributed by atoms with van der Waals surface area (Å²) in [7, 11) is 3.56. The molecule has 1 amide bonds. The summed E-state index contributed by atoms with van der Waals surface area (Å²) in [5.41, 5.74) is 4.41. The van der Waals surface area contributed by atoms with Crippen molar-refractivity contribution < 1.29 is 9.18 Å². The molecule has 0 radical (unpaired) electrons. The fraction of sp³-hybridized carbons (Fsp3) is 0.462. The van der Waals surface area contributed by atoms with Crippen LogP contribution in [-0.2, 0) is 11.2 Å². The SMILES string of the molecule is Cc1cc(CCCC(=O)NN(C)C)ccc1F. The smallest absolute Gasteiger partial charge is 0.234 e. The monoisotopic (exact) mass is 238 g/mol. The van der Waals surface area contributed by atoms with Gasteiger partial charge in [0.15, 0.2) is 0 Å². The molecule has 0 spiro atoms. The van der Waals surface area contributed by atoms with Gasteiger partial charge in [-0.15, -0.1) is 0 Å². The molecule has 0 bridgehead atoms. The molecule has 0 aliphatic carbocycles. The maximum atomic E-state index is 13.0. The lowest BCUT2D eigenvalue weighted by atomic mass is 10.1. The lowest BCUT2D eigenvalue weighted by Gasteiger charge is -2.11. The highest BCUT2D eigenvalue weighted by Gasteiger charge is 2.03. The van der Waals surface area contributed by atoms with E-state index in [0.717, 1.165) is 18.4 Å². The van der Waals surface area contributed by atoms with E-state index >= 15 is 0 Å². The molecule has 1 rings (SSSR count). The number of benzene rings is 1. The van der Waals surface area contributed by atoms with Crippen LogP contribution in [0.5, 0.6) is 0 Å². The fourth-order valence-corrected chi connectivity index (χ4v) is 1.62. The van der Waals surface area contributed by atoms with Crippen molar-refractivity contribution in [2.24, 2.45) is 0 Å². The van der Waals surface area contributed by atoms with Gasteiger partial charge in [-0.3, -0.25) is 10.2 Å². The van der Waals surface area contributed by atoms with Crippen molar-refractivity contribution in [3.05, 3.63) is 35.1 Å². The van der Waals surface area contributed by atoms with E-state index in [-0.39, 0.29) is 11.7 Å². The first-order chi connectivity index (χ1) is 7.99. The minimum absolute atomic E-state index is 0.00818. The van der Waals surface area contributed by atoms with Crippen molar-refractivity contribution in [1.82, 2.24) is 10.4 Å². The molecule has 4 heteroatoms. The molecule has 0 unspecified atom stereocenters. The number of hydrogen-bond donors (Lipinski definition) is 1. The first kappa shape index (κ1) is 13.6. The minimum Gasteiger partial charge on any atom is -0.289 e. The second kappa shape index (κ2) is 6.35. The predicted molar refractivity (Wildman–Crippen MR) is 65.9 cm³/mol. The van der Waals surface area contributed by atoms with Gasteiger partial charge >= 0.3 is 0 Å². The number of amides is 1. The molecule has 0 saturated heterocycles. The van der Waals surface area contributed by atoms with E-state index in [1.807, 2.05) is 6.07 Å². The standard InChI is InChI=1S/C13H19FN2O/c1-10-9-11(7-8-12(10)14)5-4-6-13(17)15-16(2)3/h7-9H,4-6H2,1-3H3,(H,15,17). The fourth-order valence-electron chi connectivity index (χ4n) is 1.62. The van der Waals surface area contributed by atoms with Crippen molar-refractivity contribution in [3.63, 3.8) is 0 Å². The van der Waals surface area contributed by atoms with Crippen molar-refractivity contribution >= 4 is 5.91 Å². The third kappa shape index (κ3) is 4.95. The van der Waals surface area contributed by atoms with E-state index in [2.05, 4.69) is 5.43 Å². The number of hydrogen-bond acceptors (Lipinski definition) is 2. The zero-order chi connectivity index (χ0) is 12.8. The van der Waals surface area contributed by atoms with Gasteiger partial charge in [-0.1, -0.05) is 12.1 Å². The summed E-state index contributed by atoms with van der Waals surface area (Å²) in [6.07, 6.45) is 2.04. The van der Waals surface area contributed by atoms with Gasteiger partial charge in [-0.25, -0.2) is 9.40 Å². The van der Waals surface area contributed by atoms with Gasteiger partial charge < -0.3 is 0 Å². The lowest BCUT2D eigenvalue weighted by Crippen LogP contribution is -2.35. The van der Waals surface area contributed by atoms with Gasteiger partial charge in [0.05, 0.1) is 0 Å². The number of carbonyl (C=O) groups excluding carboxylic acids is 1. The summed E-state index contributed by atoms with van der Waals surface area (Å²) in [5.74, 6) is -0.173. The van der Waals surface area contributed by atoms with Crippen molar-refractivity contribution in [2.75, 3.05) is 14.1 Å². The first-order valence-electron chi connectivity index (χ1n) is 5.71. The quantitative estimate of drug-likeness (QED) is 0.796. The van der Waals surface area contributed by atoms with E-state index in [0.29, 0.717) is 12.0 Å². The molecule has 94 valence electrons. The zero-order valence-corrected chi connectivity index (χ0v) is 10.6. The molecule has 0 heterocycles. The van der Waals surface area contributed by atoms with E-state index in [1.54, 1.807) is 32.1 Å². The number of hydrazine groups is 1. The van der Waals surface area contributed by atoms with E-state index < -0.39 is 0 Å². The largest absolute Gasteiger partial charge is 0.289 e. The zero-order valence-electron chi connectivity index (χ0n) is 10.6. The Labute approximate surface area is 102 Å². The van der Waals surface area contributed by atoms with Gasteiger partial charge in [0.1, 0.15) is 5.82 Å². The Morgan fingerprint density at radius 1 is 1.41 bits per heavy atom. The van der Waals surface area contributed by atoms with Gasteiger partial charge in [0.25, 0.3) is 0 Å². The molecule has 1 aromatic carbocycles. The Morgan fingerprint density at radius 2 is 2.12 bits per heavy atom. The van der Waals surface area contributed by atoms with Crippen LogP contribution in [0, 0.1) is 12.7 Å². The highest BCUT2D eigenvalue weighted by molar-refractivity contribution is 5.75. The second-order valence-corrected chi connectivity index (χ2v) is 4.37.